The van der Waals surface area contributed by atoms with Gasteiger partial charge in [-0.1, -0.05) is 116 Å². The molecule has 0 spiro atoms. The van der Waals surface area contributed by atoms with Crippen molar-refractivity contribution < 1.29 is 0 Å². The highest BCUT2D eigenvalue weighted by Gasteiger charge is 2.18. The van der Waals surface area contributed by atoms with Crippen LogP contribution in [0.1, 0.15) is 128 Å². The highest BCUT2D eigenvalue weighted by atomic mass is 32.1. The average molecular weight is 775 g/mol. The van der Waals surface area contributed by atoms with Gasteiger partial charge in [0.15, 0.2) is 0 Å². The molecular weight excluding hydrogens is 721 g/mol. The van der Waals surface area contributed by atoms with Crippen molar-refractivity contribution in [1.29, 1.82) is 0 Å². The molecule has 266 valence electrons. The summed E-state index contributed by atoms with van der Waals surface area (Å²) in [6.45, 7) is 4.61. The molecule has 0 amide bonds. The van der Waals surface area contributed by atoms with Gasteiger partial charge >= 0.3 is 0 Å². The predicted octanol–water partition coefficient (Wildman–Crippen LogP) is 17.8. The first kappa shape index (κ1) is 37.9. The Morgan fingerprint density at radius 2 is 0.760 bits per heavy atom. The average Bonchev–Trinajstić information content (AvgIpc) is 3.98. The normalized spacial score (nSPS) is 11.6. The van der Waals surface area contributed by atoms with Crippen LogP contribution in [0.15, 0.2) is 71.4 Å². The fourth-order valence-electron chi connectivity index (χ4n) is 6.81. The molecule has 0 aromatic carbocycles. The third-order valence-corrected chi connectivity index (χ3v) is 16.9. The van der Waals surface area contributed by atoms with Gasteiger partial charge in [0.2, 0.25) is 0 Å². The summed E-state index contributed by atoms with van der Waals surface area (Å²) in [6, 6.07) is 23.5. The molecule has 0 aliphatic rings. The zero-order chi connectivity index (χ0) is 34.4. The summed E-state index contributed by atoms with van der Waals surface area (Å²) in [4.78, 5) is 14.3. The summed E-state index contributed by atoms with van der Waals surface area (Å²) in [6.07, 6.45) is 24.3. The summed E-state index contributed by atoms with van der Waals surface area (Å²) in [5.74, 6) is 0. The second-order valence-corrected chi connectivity index (χ2v) is 19.8. The summed E-state index contributed by atoms with van der Waals surface area (Å²) >= 11 is 11.7. The van der Waals surface area contributed by atoms with Gasteiger partial charge in [0.05, 0.1) is 0 Å². The van der Waals surface area contributed by atoms with E-state index in [2.05, 4.69) is 85.3 Å². The molecule has 0 aliphatic heterocycles. The molecule has 6 heterocycles. The predicted molar refractivity (Wildman–Crippen MR) is 234 cm³/mol. The third-order valence-electron chi connectivity index (χ3n) is 9.65. The fraction of sp³-hybridized carbons (Fsp3) is 0.455. The van der Waals surface area contributed by atoms with Gasteiger partial charge in [0.25, 0.3) is 0 Å². The standard InChI is InChI=1S/C44H54S6/c1-3-5-7-9-11-13-15-17-21-33-32-42(50-43(33)39-24-20-30-46-39)38-26-25-36(47-38)37-27-28-40(48-37)44-34(22-18-16-14-12-10-8-6-4-2)31-41(49-44)35-23-19-29-45-35/h19-20,23-32H,3-18,21-22H2,1-2H3. The molecule has 0 radical (unpaired) electrons. The van der Waals surface area contributed by atoms with Crippen molar-refractivity contribution in [3.63, 3.8) is 0 Å². The van der Waals surface area contributed by atoms with Crippen LogP contribution in [0, 0.1) is 0 Å². The Bertz CT molecular complexity index is 1790. The van der Waals surface area contributed by atoms with Crippen molar-refractivity contribution in [3.8, 4) is 48.8 Å². The number of hydrogen-bond acceptors (Lipinski definition) is 6. The molecule has 0 nitrogen and oxygen atoms in total. The quantitative estimate of drug-likeness (QED) is 0.0569. The topological polar surface area (TPSA) is 0 Å². The molecule has 50 heavy (non-hydrogen) atoms. The number of thiophene rings is 6. The van der Waals surface area contributed by atoms with Crippen LogP contribution < -0.4 is 0 Å². The Morgan fingerprint density at radius 1 is 0.360 bits per heavy atom. The van der Waals surface area contributed by atoms with Crippen LogP contribution in [0.25, 0.3) is 48.8 Å². The Hall–Kier alpha value is -1.80. The van der Waals surface area contributed by atoms with E-state index in [0.29, 0.717) is 0 Å². The molecule has 6 aromatic rings. The van der Waals surface area contributed by atoms with E-state index in [1.165, 1.54) is 164 Å². The lowest BCUT2D eigenvalue weighted by atomic mass is 10.0. The lowest BCUT2D eigenvalue weighted by Gasteiger charge is -2.03. The van der Waals surface area contributed by atoms with E-state index < -0.39 is 0 Å². The molecular formula is C44H54S6. The molecule has 6 aromatic heterocycles. The van der Waals surface area contributed by atoms with Gasteiger partial charge in [0.1, 0.15) is 0 Å². The highest BCUT2D eigenvalue weighted by molar-refractivity contribution is 7.30. The van der Waals surface area contributed by atoms with Crippen LogP contribution in [0.3, 0.4) is 0 Å². The van der Waals surface area contributed by atoms with Gasteiger partial charge in [-0.15, -0.1) is 68.0 Å². The van der Waals surface area contributed by atoms with Gasteiger partial charge in [-0.2, -0.15) is 0 Å². The van der Waals surface area contributed by atoms with E-state index in [4.69, 9.17) is 0 Å². The number of unbranched alkanes of at least 4 members (excludes halogenated alkanes) is 14. The number of aryl methyl sites for hydroxylation is 2. The van der Waals surface area contributed by atoms with Gasteiger partial charge in [0, 0.05) is 48.8 Å². The van der Waals surface area contributed by atoms with Crippen LogP contribution >= 0.6 is 68.0 Å². The van der Waals surface area contributed by atoms with E-state index >= 15 is 0 Å². The summed E-state index contributed by atoms with van der Waals surface area (Å²) in [7, 11) is 0. The monoisotopic (exact) mass is 774 g/mol. The third kappa shape index (κ3) is 10.6. The molecule has 0 saturated heterocycles. The zero-order valence-corrected chi connectivity index (χ0v) is 35.0. The number of hydrogen-bond donors (Lipinski definition) is 0. The Labute approximate surface area is 326 Å². The minimum atomic E-state index is 1.19. The van der Waals surface area contributed by atoms with Crippen LogP contribution in [0.5, 0.6) is 0 Å². The first-order chi connectivity index (χ1) is 24.7. The van der Waals surface area contributed by atoms with Gasteiger partial charge in [-0.25, -0.2) is 0 Å². The zero-order valence-electron chi connectivity index (χ0n) is 30.1. The molecule has 6 heteroatoms. The second-order valence-electron chi connectivity index (χ2n) is 13.7. The summed E-state index contributed by atoms with van der Waals surface area (Å²) in [5.41, 5.74) is 3.10. The summed E-state index contributed by atoms with van der Waals surface area (Å²) in [5, 5.41) is 4.44. The molecule has 0 unspecified atom stereocenters. The molecule has 0 saturated carbocycles. The minimum absolute atomic E-state index is 1.19. The van der Waals surface area contributed by atoms with E-state index in [1.54, 1.807) is 11.1 Å². The first-order valence-electron chi connectivity index (χ1n) is 19.3. The van der Waals surface area contributed by atoms with E-state index in [0.717, 1.165) is 0 Å². The first-order valence-corrected chi connectivity index (χ1v) is 24.3. The smallest absolute Gasteiger partial charge is 0.0481 e. The van der Waals surface area contributed by atoms with E-state index in [1.807, 2.05) is 68.0 Å². The minimum Gasteiger partial charge on any atom is -0.143 e. The maximum atomic E-state index is 2.52. The van der Waals surface area contributed by atoms with Crippen molar-refractivity contribution in [1.82, 2.24) is 0 Å². The van der Waals surface area contributed by atoms with Crippen molar-refractivity contribution >= 4 is 68.0 Å². The van der Waals surface area contributed by atoms with E-state index in [9.17, 15) is 0 Å². The SMILES string of the molecule is CCCCCCCCCCc1cc(-c2ccc(-c3ccc(-c4sc(-c5cccs5)cc4CCCCCCCCCC)s3)s2)sc1-c1cccs1. The van der Waals surface area contributed by atoms with Crippen LogP contribution in [-0.4, -0.2) is 0 Å². The van der Waals surface area contributed by atoms with Gasteiger partial charge < -0.3 is 0 Å². The van der Waals surface area contributed by atoms with Crippen molar-refractivity contribution in [2.75, 3.05) is 0 Å². The lowest BCUT2D eigenvalue weighted by Crippen LogP contribution is -1.86. The number of rotatable bonds is 23. The Balaban J connectivity index is 1.13. The molecule has 6 rings (SSSR count). The van der Waals surface area contributed by atoms with Gasteiger partial charge in [-0.3, -0.25) is 0 Å². The summed E-state index contributed by atoms with van der Waals surface area (Å²) < 4.78 is 0. The highest BCUT2D eigenvalue weighted by Crippen LogP contribution is 2.48. The molecule has 0 aliphatic carbocycles. The molecule has 0 fully saturated rings. The van der Waals surface area contributed by atoms with Gasteiger partial charge in [-0.05, 0) is 96.1 Å². The largest absolute Gasteiger partial charge is 0.143 e. The van der Waals surface area contributed by atoms with Crippen LogP contribution in [-0.2, 0) is 12.8 Å². The fourth-order valence-corrected chi connectivity index (χ4v) is 13.3. The molecule has 0 atom stereocenters. The van der Waals surface area contributed by atoms with Crippen molar-refractivity contribution in [3.05, 3.63) is 82.6 Å². The van der Waals surface area contributed by atoms with Crippen LogP contribution in [0.4, 0.5) is 0 Å². The Kier molecular flexibility index (Phi) is 15.5. The van der Waals surface area contributed by atoms with E-state index in [-0.39, 0.29) is 0 Å². The second kappa shape index (κ2) is 20.4. The molecule has 0 bridgehead atoms. The van der Waals surface area contributed by atoms with Crippen molar-refractivity contribution in [2.45, 2.75) is 129 Å². The van der Waals surface area contributed by atoms with Crippen LogP contribution in [0.2, 0.25) is 0 Å². The molecule has 0 N–H and O–H groups in total. The maximum absolute atomic E-state index is 2.52. The van der Waals surface area contributed by atoms with Crippen molar-refractivity contribution in [2.24, 2.45) is 0 Å². The lowest BCUT2D eigenvalue weighted by molar-refractivity contribution is 0.576. The Morgan fingerprint density at radius 3 is 1.26 bits per heavy atom. The maximum Gasteiger partial charge on any atom is 0.0481 e.